The van der Waals surface area contributed by atoms with Crippen molar-refractivity contribution in [2.75, 3.05) is 13.2 Å². The number of hydrogen-bond donors (Lipinski definition) is 0. The Kier molecular flexibility index (Phi) is 6.35. The molecule has 0 saturated heterocycles. The Hall–Kier alpha value is -0.723. The number of benzene rings is 1. The Labute approximate surface area is 130 Å². The van der Waals surface area contributed by atoms with Crippen molar-refractivity contribution in [3.63, 3.8) is 0 Å². The molecule has 20 heavy (non-hydrogen) atoms. The summed E-state index contributed by atoms with van der Waals surface area (Å²) in [7, 11) is -0.771. The van der Waals surface area contributed by atoms with Crippen molar-refractivity contribution in [3.05, 3.63) is 38.3 Å². The Morgan fingerprint density at radius 2 is 2.05 bits per heavy atom. The molecule has 0 atom stereocenters. The topological polar surface area (TPSA) is 52.4 Å². The molecule has 1 rings (SSSR count). The van der Waals surface area contributed by atoms with Crippen LogP contribution in [-0.2, 0) is 11.2 Å². The summed E-state index contributed by atoms with van der Waals surface area (Å²) in [6.07, 6.45) is 0.561. The van der Waals surface area contributed by atoms with Gasteiger partial charge in [-0.3, -0.25) is 10.1 Å². The van der Waals surface area contributed by atoms with Crippen molar-refractivity contribution in [3.8, 4) is 0 Å². The van der Waals surface area contributed by atoms with Crippen LogP contribution in [0.3, 0.4) is 0 Å². The summed E-state index contributed by atoms with van der Waals surface area (Å²) in [6, 6.07) is 5.02. The van der Waals surface area contributed by atoms with E-state index in [4.69, 9.17) is 4.74 Å². The fourth-order valence-corrected chi connectivity index (χ4v) is 2.48. The van der Waals surface area contributed by atoms with E-state index in [-0.39, 0.29) is 15.6 Å². The fourth-order valence-electron chi connectivity index (χ4n) is 1.62. The van der Waals surface area contributed by atoms with E-state index in [2.05, 4.69) is 42.9 Å². The van der Waals surface area contributed by atoms with Crippen molar-refractivity contribution in [2.45, 2.75) is 38.4 Å². The normalized spacial score (nSPS) is 11.9. The minimum Gasteiger partial charge on any atom is -0.381 e. The number of rotatable bonds is 7. The first-order valence-electron chi connectivity index (χ1n) is 6.74. The Morgan fingerprint density at radius 3 is 2.60 bits per heavy atom. The first-order valence-corrected chi connectivity index (χ1v) is 10.4. The number of halogens is 1. The highest BCUT2D eigenvalue weighted by Crippen LogP contribution is 2.28. The summed E-state index contributed by atoms with van der Waals surface area (Å²) in [5, 5.41) is 11.2. The van der Waals surface area contributed by atoms with Crippen molar-refractivity contribution in [1.29, 1.82) is 0 Å². The van der Waals surface area contributed by atoms with E-state index in [0.717, 1.165) is 11.1 Å². The Balaban J connectivity index is 2.58. The number of nitrogens with zero attached hydrogens (tertiary/aromatic N) is 1. The van der Waals surface area contributed by atoms with Gasteiger partial charge in [0, 0.05) is 37.9 Å². The molecule has 0 saturated carbocycles. The highest BCUT2D eigenvalue weighted by Gasteiger charge is 2.23. The van der Waals surface area contributed by atoms with Crippen LogP contribution in [0.5, 0.6) is 0 Å². The highest BCUT2D eigenvalue weighted by molar-refractivity contribution is 9.10. The van der Waals surface area contributed by atoms with Gasteiger partial charge in [0.1, 0.15) is 0 Å². The summed E-state index contributed by atoms with van der Waals surface area (Å²) in [4.78, 5) is 10.6. The SMILES string of the molecule is C[SiH](C)C(C)(C)COCCc1cc(Br)ccc1[N+](=O)[O-]. The Morgan fingerprint density at radius 1 is 1.40 bits per heavy atom. The van der Waals surface area contributed by atoms with Gasteiger partial charge in [-0.2, -0.15) is 0 Å². The van der Waals surface area contributed by atoms with Crippen LogP contribution >= 0.6 is 15.9 Å². The first-order chi connectivity index (χ1) is 9.24. The third-order valence-electron chi connectivity index (χ3n) is 3.79. The third-order valence-corrected chi connectivity index (χ3v) is 7.58. The summed E-state index contributed by atoms with van der Waals surface area (Å²) in [5.74, 6) is 0. The van der Waals surface area contributed by atoms with E-state index in [1.807, 2.05) is 0 Å². The van der Waals surface area contributed by atoms with Gasteiger partial charge < -0.3 is 4.74 Å². The monoisotopic (exact) mass is 359 g/mol. The van der Waals surface area contributed by atoms with Crippen molar-refractivity contribution >= 4 is 30.4 Å². The second-order valence-corrected chi connectivity index (χ2v) is 10.8. The van der Waals surface area contributed by atoms with E-state index >= 15 is 0 Å². The third kappa shape index (κ3) is 4.99. The molecular formula is C14H22BrNO3Si. The molecule has 0 aliphatic carbocycles. The predicted molar refractivity (Wildman–Crippen MR) is 88.2 cm³/mol. The summed E-state index contributed by atoms with van der Waals surface area (Å²) < 4.78 is 6.59. The molecule has 0 unspecified atom stereocenters. The number of hydrogen-bond acceptors (Lipinski definition) is 3. The van der Waals surface area contributed by atoms with Crippen LogP contribution in [0.25, 0.3) is 0 Å². The zero-order valence-corrected chi connectivity index (χ0v) is 15.2. The predicted octanol–water partition coefficient (Wildman–Crippen LogP) is 4.18. The minimum atomic E-state index is -0.771. The molecular weight excluding hydrogens is 338 g/mol. The highest BCUT2D eigenvalue weighted by atomic mass is 79.9. The second-order valence-electron chi connectivity index (χ2n) is 5.98. The molecule has 0 fully saturated rings. The lowest BCUT2D eigenvalue weighted by atomic mass is 10.1. The van der Waals surface area contributed by atoms with E-state index in [1.165, 1.54) is 6.07 Å². The van der Waals surface area contributed by atoms with E-state index in [0.29, 0.717) is 18.6 Å². The lowest BCUT2D eigenvalue weighted by molar-refractivity contribution is -0.385. The van der Waals surface area contributed by atoms with Gasteiger partial charge in [0.2, 0.25) is 0 Å². The maximum Gasteiger partial charge on any atom is 0.272 e. The average Bonchev–Trinajstić information content (AvgIpc) is 2.34. The van der Waals surface area contributed by atoms with Crippen LogP contribution in [0.4, 0.5) is 5.69 Å². The average molecular weight is 360 g/mol. The summed E-state index contributed by atoms with van der Waals surface area (Å²) in [6.45, 7) is 10.3. The molecule has 112 valence electrons. The van der Waals surface area contributed by atoms with Crippen molar-refractivity contribution in [2.24, 2.45) is 0 Å². The van der Waals surface area contributed by atoms with Crippen LogP contribution in [0.2, 0.25) is 18.1 Å². The van der Waals surface area contributed by atoms with Gasteiger partial charge in [-0.15, -0.1) is 0 Å². The van der Waals surface area contributed by atoms with Crippen LogP contribution in [-0.4, -0.2) is 26.9 Å². The quantitative estimate of drug-likeness (QED) is 0.317. The van der Waals surface area contributed by atoms with Gasteiger partial charge in [-0.05, 0) is 17.2 Å². The molecule has 0 aromatic heterocycles. The molecule has 0 heterocycles. The van der Waals surface area contributed by atoms with E-state index in [1.54, 1.807) is 12.1 Å². The standard InChI is InChI=1S/C14H22BrNO3Si/c1-14(2,20(3)4)10-19-8-7-11-9-12(15)5-6-13(11)16(17)18/h5-6,9,20H,7-8,10H2,1-4H3. The molecule has 0 amide bonds. The maximum atomic E-state index is 11.0. The van der Waals surface area contributed by atoms with E-state index < -0.39 is 8.80 Å². The minimum absolute atomic E-state index is 0.161. The summed E-state index contributed by atoms with van der Waals surface area (Å²) >= 11 is 3.35. The molecule has 1 aromatic carbocycles. The van der Waals surface area contributed by atoms with Gasteiger partial charge in [0.15, 0.2) is 0 Å². The van der Waals surface area contributed by atoms with Gasteiger partial charge in [0.25, 0.3) is 5.69 Å². The van der Waals surface area contributed by atoms with Crippen molar-refractivity contribution in [1.82, 2.24) is 0 Å². The van der Waals surface area contributed by atoms with Gasteiger partial charge in [0.05, 0.1) is 11.5 Å². The lowest BCUT2D eigenvalue weighted by Crippen LogP contribution is -2.26. The Bertz CT molecular complexity index is 477. The number of ether oxygens (including phenoxy) is 1. The van der Waals surface area contributed by atoms with Crippen LogP contribution < -0.4 is 0 Å². The molecule has 0 bridgehead atoms. The van der Waals surface area contributed by atoms with Crippen LogP contribution in [0, 0.1) is 10.1 Å². The molecule has 1 aromatic rings. The van der Waals surface area contributed by atoms with Crippen LogP contribution in [0.15, 0.2) is 22.7 Å². The maximum absolute atomic E-state index is 11.0. The van der Waals surface area contributed by atoms with Gasteiger partial charge >= 0.3 is 0 Å². The molecule has 0 radical (unpaired) electrons. The number of nitro benzene ring substituents is 1. The molecule has 0 spiro atoms. The van der Waals surface area contributed by atoms with Gasteiger partial charge in [-0.1, -0.05) is 42.9 Å². The lowest BCUT2D eigenvalue weighted by Gasteiger charge is -2.27. The molecule has 0 aliphatic heterocycles. The largest absolute Gasteiger partial charge is 0.381 e. The van der Waals surface area contributed by atoms with Gasteiger partial charge in [-0.25, -0.2) is 0 Å². The van der Waals surface area contributed by atoms with Crippen molar-refractivity contribution < 1.29 is 9.66 Å². The molecule has 0 N–H and O–H groups in total. The second kappa shape index (κ2) is 7.33. The first kappa shape index (κ1) is 17.3. The molecule has 4 nitrogen and oxygen atoms in total. The molecule has 6 heteroatoms. The molecule has 0 aliphatic rings. The fraction of sp³-hybridized carbons (Fsp3) is 0.571. The zero-order chi connectivity index (χ0) is 15.3. The van der Waals surface area contributed by atoms with Crippen LogP contribution in [0.1, 0.15) is 19.4 Å². The van der Waals surface area contributed by atoms with E-state index in [9.17, 15) is 10.1 Å². The smallest absolute Gasteiger partial charge is 0.272 e. The zero-order valence-electron chi connectivity index (χ0n) is 12.5. The summed E-state index contributed by atoms with van der Waals surface area (Å²) in [5.41, 5.74) is 0.873. The number of nitro groups is 1.